The van der Waals surface area contributed by atoms with Gasteiger partial charge in [0.2, 0.25) is 5.91 Å². The molecule has 3 aliphatic heterocycles. The third-order valence-electron chi connectivity index (χ3n) is 7.80. The number of halogens is 4. The number of hydrogen-bond donors (Lipinski definition) is 2. The molecule has 10 nitrogen and oxygen atoms in total. The first-order valence-electron chi connectivity index (χ1n) is 13.0. The number of nitrogens with zero attached hydrogens (tertiary/aromatic N) is 5. The summed E-state index contributed by atoms with van der Waals surface area (Å²) in [6.45, 7) is 8.36. The fourth-order valence-electron chi connectivity index (χ4n) is 5.94. The topological polar surface area (TPSA) is 125 Å². The highest BCUT2D eigenvalue weighted by Gasteiger charge is 2.46. The number of alkyl halides is 3. The molecular weight excluding hydrogens is 548 g/mol. The standard InChI is InChI=1S/C27H30F4N6O4/c1-5-17(39)35-6-7-36-14(10-35)12-41-23-18(25(36)40)24(37-11-15(38)9-26(37,3)4)34-22(20(23)28)21-19(27(29,30)31)13(2)8-16(32)33-21/h5,8,14-15,38H,1,6-7,9-12H2,2-4H3,(H2,32,33). The average Bonchev–Trinajstić information content (AvgIpc) is 3.06. The Bertz CT molecular complexity index is 1450. The minimum absolute atomic E-state index is 0.00858. The molecule has 2 unspecified atom stereocenters. The largest absolute Gasteiger partial charge is 0.487 e. The highest BCUT2D eigenvalue weighted by Crippen LogP contribution is 2.46. The van der Waals surface area contributed by atoms with Gasteiger partial charge in [0.05, 0.1) is 17.7 Å². The summed E-state index contributed by atoms with van der Waals surface area (Å²) in [7, 11) is 0. The Morgan fingerprint density at radius 1 is 1.24 bits per heavy atom. The van der Waals surface area contributed by atoms with Crippen LogP contribution in [0.2, 0.25) is 0 Å². The molecule has 0 aliphatic carbocycles. The van der Waals surface area contributed by atoms with Gasteiger partial charge in [-0.15, -0.1) is 0 Å². The molecule has 5 rings (SSSR count). The molecule has 2 saturated heterocycles. The fraction of sp³-hybridized carbons (Fsp3) is 0.481. The average molecular weight is 579 g/mol. The van der Waals surface area contributed by atoms with Gasteiger partial charge < -0.3 is 30.3 Å². The van der Waals surface area contributed by atoms with E-state index in [4.69, 9.17) is 10.5 Å². The van der Waals surface area contributed by atoms with Gasteiger partial charge in [-0.1, -0.05) is 6.58 Å². The number of carbonyl (C=O) groups excluding carboxylic acids is 2. The molecule has 220 valence electrons. The Hall–Kier alpha value is -3.94. The van der Waals surface area contributed by atoms with Gasteiger partial charge in [-0.25, -0.2) is 14.4 Å². The van der Waals surface area contributed by atoms with E-state index in [-0.39, 0.29) is 67.9 Å². The number of aromatic nitrogens is 2. The summed E-state index contributed by atoms with van der Waals surface area (Å²) < 4.78 is 64.9. The van der Waals surface area contributed by atoms with Crippen LogP contribution in [0.15, 0.2) is 18.7 Å². The molecule has 0 bridgehead atoms. The lowest BCUT2D eigenvalue weighted by molar-refractivity contribution is -0.137. The maximum atomic E-state index is 16.3. The highest BCUT2D eigenvalue weighted by atomic mass is 19.4. The number of nitrogens with two attached hydrogens (primary N) is 1. The van der Waals surface area contributed by atoms with Gasteiger partial charge in [0.1, 0.15) is 35.2 Å². The van der Waals surface area contributed by atoms with Crippen LogP contribution in [0.5, 0.6) is 5.75 Å². The van der Waals surface area contributed by atoms with Crippen LogP contribution in [0, 0.1) is 12.7 Å². The zero-order chi connectivity index (χ0) is 30.0. The second-order valence-corrected chi connectivity index (χ2v) is 11.1. The third-order valence-corrected chi connectivity index (χ3v) is 7.80. The summed E-state index contributed by atoms with van der Waals surface area (Å²) in [6.07, 6.45) is -4.35. The summed E-state index contributed by atoms with van der Waals surface area (Å²) in [6, 6.07) is 0.363. The van der Waals surface area contributed by atoms with Crippen molar-refractivity contribution in [3.05, 3.63) is 41.2 Å². The smallest absolute Gasteiger partial charge is 0.418 e. The molecule has 5 heterocycles. The molecule has 3 N–H and O–H groups in total. The minimum atomic E-state index is -4.93. The Balaban J connectivity index is 1.75. The van der Waals surface area contributed by atoms with Crippen LogP contribution in [-0.2, 0) is 11.0 Å². The van der Waals surface area contributed by atoms with Crippen molar-refractivity contribution in [2.75, 3.05) is 43.4 Å². The number of anilines is 2. The molecule has 41 heavy (non-hydrogen) atoms. The number of β-amino-alcohol motifs (C(OH)–C–C–N with tert-alkyl or cyclic N) is 1. The van der Waals surface area contributed by atoms with Crippen LogP contribution in [0.4, 0.5) is 29.2 Å². The molecule has 2 aromatic rings. The van der Waals surface area contributed by atoms with E-state index >= 15 is 4.39 Å². The van der Waals surface area contributed by atoms with Crippen LogP contribution in [0.3, 0.4) is 0 Å². The van der Waals surface area contributed by atoms with Crippen molar-refractivity contribution in [1.29, 1.82) is 0 Å². The van der Waals surface area contributed by atoms with Crippen LogP contribution < -0.4 is 15.4 Å². The number of hydrogen-bond acceptors (Lipinski definition) is 8. The van der Waals surface area contributed by atoms with Crippen LogP contribution in [0.25, 0.3) is 11.4 Å². The molecule has 2 atom stereocenters. The summed E-state index contributed by atoms with van der Waals surface area (Å²) in [5, 5.41) is 10.5. The van der Waals surface area contributed by atoms with Gasteiger partial charge in [0, 0.05) is 31.7 Å². The second kappa shape index (κ2) is 9.86. The van der Waals surface area contributed by atoms with E-state index in [1.54, 1.807) is 18.7 Å². The first kappa shape index (κ1) is 28.6. The van der Waals surface area contributed by atoms with Crippen molar-refractivity contribution in [3.63, 3.8) is 0 Å². The molecule has 2 fully saturated rings. The summed E-state index contributed by atoms with van der Waals surface area (Å²) in [5.74, 6) is -3.27. The summed E-state index contributed by atoms with van der Waals surface area (Å²) in [5.41, 5.74) is 1.59. The van der Waals surface area contributed by atoms with Gasteiger partial charge in [-0.05, 0) is 44.9 Å². The zero-order valence-corrected chi connectivity index (χ0v) is 22.8. The number of carbonyl (C=O) groups is 2. The third kappa shape index (κ3) is 4.83. The number of amides is 2. The quantitative estimate of drug-likeness (QED) is 0.421. The number of pyridine rings is 2. The van der Waals surface area contributed by atoms with Gasteiger partial charge >= 0.3 is 6.18 Å². The Morgan fingerprint density at radius 3 is 2.56 bits per heavy atom. The van der Waals surface area contributed by atoms with E-state index < -0.39 is 58.3 Å². The highest BCUT2D eigenvalue weighted by molar-refractivity contribution is 6.03. The normalized spacial score (nSPS) is 22.1. The first-order valence-corrected chi connectivity index (χ1v) is 13.0. The van der Waals surface area contributed by atoms with Crippen LogP contribution in [-0.4, -0.2) is 87.2 Å². The molecule has 2 aromatic heterocycles. The van der Waals surface area contributed by atoms with Crippen molar-refractivity contribution in [2.45, 2.75) is 51.1 Å². The fourth-order valence-corrected chi connectivity index (χ4v) is 5.94. The van der Waals surface area contributed by atoms with Gasteiger partial charge in [-0.3, -0.25) is 9.59 Å². The predicted molar refractivity (Wildman–Crippen MR) is 141 cm³/mol. The molecule has 14 heteroatoms. The maximum absolute atomic E-state index is 16.3. The number of nitrogen functional groups attached to an aromatic ring is 1. The number of ether oxygens (including phenoxy) is 1. The zero-order valence-electron chi connectivity index (χ0n) is 22.8. The monoisotopic (exact) mass is 578 g/mol. The number of aliphatic hydroxyl groups is 1. The van der Waals surface area contributed by atoms with E-state index in [0.29, 0.717) is 0 Å². The van der Waals surface area contributed by atoms with E-state index in [0.717, 1.165) is 12.1 Å². The number of fused-ring (bicyclic) bond motifs is 2. The van der Waals surface area contributed by atoms with E-state index in [1.807, 2.05) is 0 Å². The van der Waals surface area contributed by atoms with Crippen molar-refractivity contribution < 1.29 is 37.0 Å². The van der Waals surface area contributed by atoms with Crippen molar-refractivity contribution in [3.8, 4) is 17.1 Å². The number of rotatable bonds is 3. The number of aryl methyl sites for hydroxylation is 1. The first-order chi connectivity index (χ1) is 19.1. The molecule has 0 aromatic carbocycles. The second-order valence-electron chi connectivity index (χ2n) is 11.1. The summed E-state index contributed by atoms with van der Waals surface area (Å²) in [4.78, 5) is 38.9. The van der Waals surface area contributed by atoms with Crippen LogP contribution in [0.1, 0.15) is 41.8 Å². The summed E-state index contributed by atoms with van der Waals surface area (Å²) >= 11 is 0. The maximum Gasteiger partial charge on any atom is 0.418 e. The van der Waals surface area contributed by atoms with Crippen molar-refractivity contribution in [1.82, 2.24) is 19.8 Å². The lowest BCUT2D eigenvalue weighted by atomic mass is 9.99. The molecule has 3 aliphatic rings. The molecule has 0 radical (unpaired) electrons. The number of piperazine rings is 1. The predicted octanol–water partition coefficient (Wildman–Crippen LogP) is 2.77. The molecule has 2 amide bonds. The van der Waals surface area contributed by atoms with E-state index in [1.165, 1.54) is 16.7 Å². The van der Waals surface area contributed by atoms with Gasteiger partial charge in [0.25, 0.3) is 5.91 Å². The van der Waals surface area contributed by atoms with Gasteiger partial charge in [0.15, 0.2) is 11.6 Å². The van der Waals surface area contributed by atoms with E-state index in [2.05, 4.69) is 16.5 Å². The SMILES string of the molecule is C=CC(=O)N1CCN2C(=O)c3c(N4CC(O)CC4(C)C)nc(-c4nc(N)cc(C)c4C(F)(F)F)c(F)c3OCC2C1. The Kier molecular flexibility index (Phi) is 6.87. The van der Waals surface area contributed by atoms with Crippen molar-refractivity contribution >= 4 is 23.5 Å². The number of aliphatic hydroxyl groups excluding tert-OH is 1. The Morgan fingerprint density at radius 2 is 1.95 bits per heavy atom. The van der Waals surface area contributed by atoms with Gasteiger partial charge in [-0.2, -0.15) is 13.2 Å². The molecular formula is C27H30F4N6O4. The lowest BCUT2D eigenvalue weighted by Crippen LogP contribution is -2.57. The Labute approximate surface area is 233 Å². The minimum Gasteiger partial charge on any atom is -0.487 e. The van der Waals surface area contributed by atoms with Crippen LogP contribution >= 0.6 is 0 Å². The van der Waals surface area contributed by atoms with Crippen molar-refractivity contribution in [2.24, 2.45) is 0 Å². The molecule has 0 spiro atoms. The lowest BCUT2D eigenvalue weighted by Gasteiger charge is -2.40. The van der Waals surface area contributed by atoms with E-state index in [9.17, 15) is 27.9 Å². The molecule has 0 saturated carbocycles.